The van der Waals surface area contributed by atoms with Crippen molar-refractivity contribution in [3.05, 3.63) is 75.9 Å². The van der Waals surface area contributed by atoms with Crippen molar-refractivity contribution in [1.82, 2.24) is 9.55 Å². The van der Waals surface area contributed by atoms with Gasteiger partial charge in [0.25, 0.3) is 5.56 Å². The highest BCUT2D eigenvalue weighted by Crippen LogP contribution is 2.32. The van der Waals surface area contributed by atoms with Crippen LogP contribution in [-0.2, 0) is 11.3 Å². The van der Waals surface area contributed by atoms with Crippen molar-refractivity contribution in [2.24, 2.45) is 0 Å². The van der Waals surface area contributed by atoms with Crippen LogP contribution in [0.5, 0.6) is 0 Å². The molecule has 0 unspecified atom stereocenters. The van der Waals surface area contributed by atoms with Gasteiger partial charge in [-0.25, -0.2) is 13.8 Å². The Bertz CT molecular complexity index is 1320. The van der Waals surface area contributed by atoms with Crippen LogP contribution in [0.2, 0.25) is 0 Å². The van der Waals surface area contributed by atoms with Crippen molar-refractivity contribution in [2.45, 2.75) is 18.6 Å². The Balaban J connectivity index is 1.62. The molecule has 0 aliphatic rings. The largest absolute Gasteiger partial charge is 0.323 e. The maximum atomic E-state index is 13.8. The number of carbonyl (C=O) groups is 1. The quantitative estimate of drug-likeness (QED) is 0.321. The Morgan fingerprint density at radius 3 is 2.68 bits per heavy atom. The molecule has 9 heteroatoms. The van der Waals surface area contributed by atoms with Crippen molar-refractivity contribution in [3.8, 4) is 11.1 Å². The van der Waals surface area contributed by atoms with Gasteiger partial charge in [-0.15, -0.1) is 11.3 Å². The van der Waals surface area contributed by atoms with Crippen LogP contribution >= 0.6 is 23.1 Å². The van der Waals surface area contributed by atoms with Crippen molar-refractivity contribution >= 4 is 44.9 Å². The van der Waals surface area contributed by atoms with Gasteiger partial charge in [-0.3, -0.25) is 14.2 Å². The maximum absolute atomic E-state index is 13.8. The number of halogens is 2. The number of anilines is 1. The number of amides is 1. The molecule has 0 spiro atoms. The second-order valence-corrected chi connectivity index (χ2v) is 8.42. The highest BCUT2D eigenvalue weighted by molar-refractivity contribution is 7.99. The van der Waals surface area contributed by atoms with Crippen LogP contribution in [0.1, 0.15) is 6.92 Å². The van der Waals surface area contributed by atoms with Crippen LogP contribution in [-0.4, -0.2) is 21.2 Å². The van der Waals surface area contributed by atoms with E-state index in [1.165, 1.54) is 15.9 Å². The number of rotatable bonds is 6. The van der Waals surface area contributed by atoms with Gasteiger partial charge in [0, 0.05) is 23.6 Å². The topological polar surface area (TPSA) is 64.0 Å². The molecule has 1 N–H and O–H groups in total. The third-order valence-electron chi connectivity index (χ3n) is 4.58. The number of nitrogens with one attached hydrogen (secondary N) is 1. The molecule has 2 heterocycles. The monoisotopic (exact) mass is 457 g/mol. The lowest BCUT2D eigenvalue weighted by atomic mass is 10.1. The number of hydrogen-bond donors (Lipinski definition) is 1. The Morgan fingerprint density at radius 2 is 1.97 bits per heavy atom. The van der Waals surface area contributed by atoms with Gasteiger partial charge in [0.15, 0.2) is 5.16 Å². The average Bonchev–Trinajstić information content (AvgIpc) is 3.19. The normalized spacial score (nSPS) is 11.1. The maximum Gasteiger partial charge on any atom is 0.272 e. The average molecular weight is 458 g/mol. The number of thiophene rings is 1. The number of fused-ring (bicyclic) bond motifs is 1. The van der Waals surface area contributed by atoms with Gasteiger partial charge < -0.3 is 5.32 Å². The van der Waals surface area contributed by atoms with E-state index in [1.807, 2.05) is 42.6 Å². The summed E-state index contributed by atoms with van der Waals surface area (Å²) in [4.78, 5) is 30.0. The van der Waals surface area contributed by atoms with Gasteiger partial charge in [0.2, 0.25) is 5.91 Å². The van der Waals surface area contributed by atoms with Crippen LogP contribution in [0.15, 0.2) is 63.9 Å². The van der Waals surface area contributed by atoms with Gasteiger partial charge in [0.05, 0.1) is 17.0 Å². The van der Waals surface area contributed by atoms with E-state index in [1.54, 1.807) is 0 Å². The van der Waals surface area contributed by atoms with Gasteiger partial charge in [0.1, 0.15) is 16.3 Å². The molecular formula is C22H17F2N3O2S2. The first-order chi connectivity index (χ1) is 15.0. The van der Waals surface area contributed by atoms with E-state index in [0.29, 0.717) is 28.0 Å². The summed E-state index contributed by atoms with van der Waals surface area (Å²) in [7, 11) is 0. The van der Waals surface area contributed by atoms with E-state index < -0.39 is 17.5 Å². The van der Waals surface area contributed by atoms with Gasteiger partial charge in [-0.1, -0.05) is 42.1 Å². The molecule has 0 atom stereocenters. The first kappa shape index (κ1) is 21.2. The van der Waals surface area contributed by atoms with E-state index in [-0.39, 0.29) is 17.0 Å². The molecule has 2 aromatic heterocycles. The van der Waals surface area contributed by atoms with Gasteiger partial charge >= 0.3 is 0 Å². The molecular weight excluding hydrogens is 440 g/mol. The molecule has 31 heavy (non-hydrogen) atoms. The lowest BCUT2D eigenvalue weighted by Gasteiger charge is -2.11. The van der Waals surface area contributed by atoms with E-state index >= 15 is 0 Å². The van der Waals surface area contributed by atoms with Crippen LogP contribution in [0.25, 0.3) is 21.3 Å². The third-order valence-corrected chi connectivity index (χ3v) is 6.51. The number of thioether (sulfide) groups is 1. The fourth-order valence-corrected chi connectivity index (χ4v) is 4.92. The zero-order valence-corrected chi connectivity index (χ0v) is 18.0. The van der Waals surface area contributed by atoms with Crippen LogP contribution < -0.4 is 10.9 Å². The lowest BCUT2D eigenvalue weighted by molar-refractivity contribution is -0.113. The molecule has 0 aliphatic heterocycles. The number of benzene rings is 2. The summed E-state index contributed by atoms with van der Waals surface area (Å²) in [6, 6.07) is 12.6. The highest BCUT2D eigenvalue weighted by atomic mass is 32.2. The van der Waals surface area contributed by atoms with E-state index in [9.17, 15) is 18.4 Å². The standard InChI is InChI=1S/C22H17F2N3O2S2/c1-2-27-21(29)20-19(15(11-30-20)13-6-4-3-5-7-13)26-22(27)31-12-18(28)25-17-9-8-14(23)10-16(17)24/h3-11H,2,12H2,1H3,(H,25,28). The number of nitrogens with zero attached hydrogens (tertiary/aromatic N) is 2. The zero-order chi connectivity index (χ0) is 22.0. The van der Waals surface area contributed by atoms with Crippen molar-refractivity contribution in [3.63, 3.8) is 0 Å². The minimum Gasteiger partial charge on any atom is -0.323 e. The lowest BCUT2D eigenvalue weighted by Crippen LogP contribution is -2.23. The van der Waals surface area contributed by atoms with E-state index in [4.69, 9.17) is 0 Å². The summed E-state index contributed by atoms with van der Waals surface area (Å²) in [5.41, 5.74) is 2.15. The minimum absolute atomic E-state index is 0.0838. The summed E-state index contributed by atoms with van der Waals surface area (Å²) in [6.07, 6.45) is 0. The summed E-state index contributed by atoms with van der Waals surface area (Å²) in [5.74, 6) is -2.14. The molecule has 0 bridgehead atoms. The van der Waals surface area contributed by atoms with Crippen molar-refractivity contribution in [1.29, 1.82) is 0 Å². The molecule has 0 aliphatic carbocycles. The van der Waals surface area contributed by atoms with Crippen molar-refractivity contribution < 1.29 is 13.6 Å². The van der Waals surface area contributed by atoms with Crippen molar-refractivity contribution in [2.75, 3.05) is 11.1 Å². The Hall–Kier alpha value is -3.04. The first-order valence-corrected chi connectivity index (χ1v) is 11.3. The second-order valence-electron chi connectivity index (χ2n) is 6.60. The van der Waals surface area contributed by atoms with E-state index in [0.717, 1.165) is 35.0 Å². The van der Waals surface area contributed by atoms with Crippen LogP contribution in [0.4, 0.5) is 14.5 Å². The molecule has 0 radical (unpaired) electrons. The summed E-state index contributed by atoms with van der Waals surface area (Å²) in [5, 5.41) is 4.73. The fourth-order valence-electron chi connectivity index (χ4n) is 3.10. The molecule has 0 fully saturated rings. The molecule has 2 aromatic carbocycles. The van der Waals surface area contributed by atoms with Gasteiger partial charge in [-0.05, 0) is 24.6 Å². The number of carbonyl (C=O) groups excluding carboxylic acids is 1. The SMILES string of the molecule is CCn1c(SCC(=O)Nc2ccc(F)cc2F)nc2c(-c3ccccc3)csc2c1=O. The smallest absolute Gasteiger partial charge is 0.272 e. The number of hydrogen-bond acceptors (Lipinski definition) is 5. The summed E-state index contributed by atoms with van der Waals surface area (Å²) >= 11 is 2.44. The number of aromatic nitrogens is 2. The molecule has 4 rings (SSSR count). The predicted octanol–water partition coefficient (Wildman–Crippen LogP) is 5.15. The molecule has 1 amide bonds. The van der Waals surface area contributed by atoms with Gasteiger partial charge in [-0.2, -0.15) is 0 Å². The van der Waals surface area contributed by atoms with E-state index in [2.05, 4.69) is 10.3 Å². The molecule has 0 saturated heterocycles. The third kappa shape index (κ3) is 4.38. The predicted molar refractivity (Wildman–Crippen MR) is 121 cm³/mol. The minimum atomic E-state index is -0.853. The van der Waals surface area contributed by atoms with Crippen LogP contribution in [0, 0.1) is 11.6 Å². The first-order valence-electron chi connectivity index (χ1n) is 9.43. The molecule has 0 saturated carbocycles. The second kappa shape index (κ2) is 8.99. The zero-order valence-electron chi connectivity index (χ0n) is 16.4. The molecule has 4 aromatic rings. The summed E-state index contributed by atoms with van der Waals surface area (Å²) in [6.45, 7) is 2.23. The summed E-state index contributed by atoms with van der Waals surface area (Å²) < 4.78 is 28.9. The highest BCUT2D eigenvalue weighted by Gasteiger charge is 2.17. The molecule has 5 nitrogen and oxygen atoms in total. The molecule has 158 valence electrons. The Kier molecular flexibility index (Phi) is 6.15. The fraction of sp³-hybridized carbons (Fsp3) is 0.136. The Morgan fingerprint density at radius 1 is 1.19 bits per heavy atom. The van der Waals surface area contributed by atoms with Crippen LogP contribution in [0.3, 0.4) is 0 Å². The Labute approximate surface area is 184 Å².